The maximum atomic E-state index is 13.0. The first-order valence-electron chi connectivity index (χ1n) is 9.19. The highest BCUT2D eigenvalue weighted by atomic mass is 19.4. The molecular formula is C19H27F3N6. The Hall–Kier alpha value is -2.71. The van der Waals surface area contributed by atoms with Crippen LogP contribution in [-0.2, 0) is 19.8 Å². The first-order valence-corrected chi connectivity index (χ1v) is 9.19. The van der Waals surface area contributed by atoms with Crippen LogP contribution in [-0.4, -0.2) is 42.4 Å². The van der Waals surface area contributed by atoms with E-state index >= 15 is 0 Å². The van der Waals surface area contributed by atoms with E-state index in [-0.39, 0.29) is 12.1 Å². The summed E-state index contributed by atoms with van der Waals surface area (Å²) in [4.78, 5) is 6.34. The van der Waals surface area contributed by atoms with Gasteiger partial charge in [0.1, 0.15) is 0 Å². The number of guanidine groups is 1. The van der Waals surface area contributed by atoms with Gasteiger partial charge in [-0.3, -0.25) is 9.67 Å². The molecule has 1 aromatic heterocycles. The van der Waals surface area contributed by atoms with Crippen molar-refractivity contribution in [1.29, 1.82) is 0 Å². The van der Waals surface area contributed by atoms with E-state index in [0.717, 1.165) is 19.5 Å². The van der Waals surface area contributed by atoms with Crippen molar-refractivity contribution in [3.8, 4) is 0 Å². The molecule has 0 radical (unpaired) electrons. The molecule has 1 aromatic carbocycles. The Labute approximate surface area is 163 Å². The number of alkyl halides is 3. The third-order valence-electron chi connectivity index (χ3n) is 4.24. The molecule has 154 valence electrons. The van der Waals surface area contributed by atoms with Gasteiger partial charge in [0.15, 0.2) is 11.7 Å². The highest BCUT2D eigenvalue weighted by Gasteiger charge is 2.36. The summed E-state index contributed by atoms with van der Waals surface area (Å²) in [7, 11) is 3.06. The van der Waals surface area contributed by atoms with Crippen LogP contribution in [0.5, 0.6) is 0 Å². The number of hydrogen-bond donors (Lipinski definition) is 2. The van der Waals surface area contributed by atoms with Crippen LogP contribution < -0.4 is 15.5 Å². The monoisotopic (exact) mass is 396 g/mol. The minimum absolute atomic E-state index is 0.00649. The number of halogens is 3. The Balaban J connectivity index is 1.81. The zero-order valence-electron chi connectivity index (χ0n) is 16.4. The third-order valence-corrected chi connectivity index (χ3v) is 4.24. The van der Waals surface area contributed by atoms with E-state index in [1.807, 2.05) is 18.2 Å². The Morgan fingerprint density at radius 3 is 2.54 bits per heavy atom. The summed E-state index contributed by atoms with van der Waals surface area (Å²) < 4.78 is 40.2. The van der Waals surface area contributed by atoms with Crippen LogP contribution in [0.15, 0.2) is 41.5 Å². The molecule has 0 fully saturated rings. The van der Waals surface area contributed by atoms with Crippen LogP contribution >= 0.6 is 0 Å². The predicted octanol–water partition coefficient (Wildman–Crippen LogP) is 3.02. The van der Waals surface area contributed by atoms with Gasteiger partial charge in [0.25, 0.3) is 0 Å². The van der Waals surface area contributed by atoms with Gasteiger partial charge in [0.05, 0.1) is 0 Å². The molecule has 6 nitrogen and oxygen atoms in total. The number of aliphatic imine (C=N–C) groups is 1. The molecule has 0 saturated carbocycles. The van der Waals surface area contributed by atoms with Gasteiger partial charge in [0.2, 0.25) is 0 Å². The largest absolute Gasteiger partial charge is 0.435 e. The zero-order valence-corrected chi connectivity index (χ0v) is 16.4. The normalized spacial score (nSPS) is 12.1. The first-order chi connectivity index (χ1) is 13.3. The fraction of sp³-hybridized carbons (Fsp3) is 0.474. The van der Waals surface area contributed by atoms with Gasteiger partial charge in [-0.15, -0.1) is 0 Å². The van der Waals surface area contributed by atoms with Crippen molar-refractivity contribution < 1.29 is 13.2 Å². The molecule has 0 saturated heterocycles. The van der Waals surface area contributed by atoms with Crippen molar-refractivity contribution in [2.75, 3.05) is 31.6 Å². The fourth-order valence-corrected chi connectivity index (χ4v) is 2.89. The molecule has 2 rings (SSSR count). The van der Waals surface area contributed by atoms with Gasteiger partial charge in [-0.2, -0.15) is 18.3 Å². The molecule has 0 spiro atoms. The number of para-hydroxylation sites is 1. The molecule has 1 heterocycles. The summed E-state index contributed by atoms with van der Waals surface area (Å²) in [6.45, 7) is 4.52. The summed E-state index contributed by atoms with van der Waals surface area (Å²) in [5.74, 6) is 0.458. The molecule has 28 heavy (non-hydrogen) atoms. The lowest BCUT2D eigenvalue weighted by Crippen LogP contribution is -2.38. The molecule has 0 aliphatic rings. The van der Waals surface area contributed by atoms with Crippen LogP contribution in [0.1, 0.15) is 24.6 Å². The van der Waals surface area contributed by atoms with E-state index in [2.05, 4.69) is 44.7 Å². The van der Waals surface area contributed by atoms with Crippen LogP contribution in [0.25, 0.3) is 0 Å². The molecule has 0 aliphatic carbocycles. The molecule has 0 bridgehead atoms. The number of aryl methyl sites for hydroxylation is 1. The van der Waals surface area contributed by atoms with Gasteiger partial charge in [-0.05, 0) is 25.5 Å². The van der Waals surface area contributed by atoms with Crippen molar-refractivity contribution in [1.82, 2.24) is 20.4 Å². The minimum atomic E-state index is -4.48. The summed E-state index contributed by atoms with van der Waals surface area (Å²) in [6.07, 6.45) is -2.25. The highest BCUT2D eigenvalue weighted by molar-refractivity contribution is 5.79. The van der Waals surface area contributed by atoms with E-state index in [9.17, 15) is 13.2 Å². The Bertz CT molecular complexity index is 755. The average Bonchev–Trinajstić information content (AvgIpc) is 3.06. The Morgan fingerprint density at radius 1 is 1.21 bits per heavy atom. The quantitative estimate of drug-likeness (QED) is 0.409. The molecule has 0 atom stereocenters. The first kappa shape index (κ1) is 21.6. The SMILES string of the molecule is CCN(CCCNC(=NC)NCc1cn(C)nc1C(F)(F)F)c1ccccc1. The van der Waals surface area contributed by atoms with E-state index < -0.39 is 11.9 Å². The van der Waals surface area contributed by atoms with E-state index in [4.69, 9.17) is 0 Å². The van der Waals surface area contributed by atoms with Crippen LogP contribution in [0, 0.1) is 0 Å². The number of nitrogens with one attached hydrogen (secondary N) is 2. The molecule has 2 N–H and O–H groups in total. The molecule has 9 heteroatoms. The highest BCUT2D eigenvalue weighted by Crippen LogP contribution is 2.30. The lowest BCUT2D eigenvalue weighted by atomic mass is 10.2. The van der Waals surface area contributed by atoms with Gasteiger partial charge >= 0.3 is 6.18 Å². The number of aromatic nitrogens is 2. The number of rotatable bonds is 8. The lowest BCUT2D eigenvalue weighted by Gasteiger charge is -2.23. The molecule has 0 unspecified atom stereocenters. The second kappa shape index (κ2) is 10.0. The summed E-state index contributed by atoms with van der Waals surface area (Å²) in [5.41, 5.74) is 0.377. The standard InChI is InChI=1S/C19H27F3N6/c1-4-28(16-9-6-5-7-10-16)12-8-11-24-18(23-2)25-13-15-14-27(3)26-17(15)19(20,21)22/h5-7,9-10,14H,4,8,11-13H2,1-3H3,(H2,23,24,25). The van der Waals surface area contributed by atoms with Crippen molar-refractivity contribution in [3.63, 3.8) is 0 Å². The number of benzene rings is 1. The number of hydrogen-bond acceptors (Lipinski definition) is 3. The van der Waals surface area contributed by atoms with Gasteiger partial charge in [-0.25, -0.2) is 0 Å². The number of nitrogens with zero attached hydrogens (tertiary/aromatic N) is 4. The topological polar surface area (TPSA) is 57.5 Å². The molecule has 2 aromatic rings. The third kappa shape index (κ3) is 6.17. The van der Waals surface area contributed by atoms with E-state index in [0.29, 0.717) is 12.5 Å². The van der Waals surface area contributed by atoms with E-state index in [1.165, 1.54) is 23.6 Å². The summed E-state index contributed by atoms with van der Waals surface area (Å²) in [5, 5.41) is 9.56. The average molecular weight is 396 g/mol. The van der Waals surface area contributed by atoms with Crippen LogP contribution in [0.3, 0.4) is 0 Å². The molecular weight excluding hydrogens is 369 g/mol. The van der Waals surface area contributed by atoms with Crippen LogP contribution in [0.2, 0.25) is 0 Å². The van der Waals surface area contributed by atoms with Gasteiger partial charge < -0.3 is 15.5 Å². The lowest BCUT2D eigenvalue weighted by molar-refractivity contribution is -0.142. The summed E-state index contributed by atoms with van der Waals surface area (Å²) in [6, 6.07) is 10.2. The smallest absolute Gasteiger partial charge is 0.372 e. The van der Waals surface area contributed by atoms with E-state index in [1.54, 1.807) is 7.05 Å². The number of anilines is 1. The zero-order chi connectivity index (χ0) is 20.6. The van der Waals surface area contributed by atoms with Crippen molar-refractivity contribution >= 4 is 11.6 Å². The maximum Gasteiger partial charge on any atom is 0.435 e. The summed E-state index contributed by atoms with van der Waals surface area (Å²) >= 11 is 0. The Kier molecular flexibility index (Phi) is 7.71. The van der Waals surface area contributed by atoms with Crippen molar-refractivity contribution in [2.24, 2.45) is 12.0 Å². The minimum Gasteiger partial charge on any atom is -0.372 e. The predicted molar refractivity (Wildman–Crippen MR) is 105 cm³/mol. The molecule has 0 aliphatic heterocycles. The second-order valence-electron chi connectivity index (χ2n) is 6.30. The van der Waals surface area contributed by atoms with Gasteiger partial charge in [-0.1, -0.05) is 18.2 Å². The van der Waals surface area contributed by atoms with Crippen molar-refractivity contribution in [3.05, 3.63) is 47.8 Å². The second-order valence-corrected chi connectivity index (χ2v) is 6.30. The Morgan fingerprint density at radius 2 is 1.93 bits per heavy atom. The fourth-order valence-electron chi connectivity index (χ4n) is 2.89. The van der Waals surface area contributed by atoms with Crippen molar-refractivity contribution in [2.45, 2.75) is 26.1 Å². The van der Waals surface area contributed by atoms with Crippen LogP contribution in [0.4, 0.5) is 18.9 Å². The molecule has 0 amide bonds. The van der Waals surface area contributed by atoms with Gasteiger partial charge in [0, 0.05) is 57.7 Å². The maximum absolute atomic E-state index is 13.0.